The van der Waals surface area contributed by atoms with Crippen LogP contribution in [0.15, 0.2) is 89.2 Å². The Morgan fingerprint density at radius 3 is 2.54 bits per heavy atom. The van der Waals surface area contributed by atoms with Gasteiger partial charge in [-0.25, -0.2) is 4.99 Å². The van der Waals surface area contributed by atoms with E-state index >= 15 is 0 Å². The van der Waals surface area contributed by atoms with Crippen molar-refractivity contribution in [2.75, 3.05) is 11.1 Å². The maximum absolute atomic E-state index is 14.8. The molecular weight excluding hydrogens is 520 g/mol. The van der Waals surface area contributed by atoms with Gasteiger partial charge in [0.2, 0.25) is 5.91 Å². The monoisotopic (exact) mass is 534 g/mol. The number of carbonyl (C=O) groups is 1. The van der Waals surface area contributed by atoms with Gasteiger partial charge in [0.25, 0.3) is 5.66 Å². The van der Waals surface area contributed by atoms with Crippen LogP contribution in [0.5, 0.6) is 0 Å². The highest BCUT2D eigenvalue weighted by atomic mass is 35.5. The Morgan fingerprint density at radius 2 is 1.89 bits per heavy atom. The van der Waals surface area contributed by atoms with Gasteiger partial charge in [0, 0.05) is 17.5 Å². The molecule has 0 bridgehead atoms. The standard InChI is InChI=1S/C24H15Cl2F3N4OS/c25-18-10-9-16(12-19(18)26)31-21(34)14-35-22-17(13-30)20-8-4-5-11-33(20)23(32-22,24(27,28)29)15-6-2-1-3-7-15/h1-12H,14H2,(H,31,34)/t23-/m1/s1. The number of halogens is 5. The smallest absolute Gasteiger partial charge is 0.325 e. The molecule has 2 aromatic rings. The number of nitrogens with zero attached hydrogens (tertiary/aromatic N) is 3. The largest absolute Gasteiger partial charge is 0.437 e. The third-order valence-corrected chi connectivity index (χ3v) is 6.88. The van der Waals surface area contributed by atoms with Gasteiger partial charge in [-0.3, -0.25) is 4.79 Å². The van der Waals surface area contributed by atoms with Crippen LogP contribution in [-0.4, -0.2) is 27.8 Å². The second-order valence-electron chi connectivity index (χ2n) is 7.36. The van der Waals surface area contributed by atoms with Crippen LogP contribution >= 0.6 is 35.0 Å². The van der Waals surface area contributed by atoms with Gasteiger partial charge in [0.1, 0.15) is 16.7 Å². The van der Waals surface area contributed by atoms with Gasteiger partial charge >= 0.3 is 6.18 Å². The second kappa shape index (κ2) is 9.82. The molecule has 0 saturated carbocycles. The van der Waals surface area contributed by atoms with Crippen molar-refractivity contribution in [2.45, 2.75) is 11.8 Å². The summed E-state index contributed by atoms with van der Waals surface area (Å²) in [4.78, 5) is 17.6. The molecule has 0 aliphatic carbocycles. The maximum Gasteiger partial charge on any atom is 0.437 e. The van der Waals surface area contributed by atoms with Gasteiger partial charge in [-0.2, -0.15) is 18.4 Å². The first kappa shape index (κ1) is 24.9. The molecule has 2 aliphatic rings. The highest BCUT2D eigenvalue weighted by molar-refractivity contribution is 8.15. The number of alkyl halides is 3. The first-order valence-electron chi connectivity index (χ1n) is 10.1. The molecule has 0 spiro atoms. The summed E-state index contributed by atoms with van der Waals surface area (Å²) >= 11 is 12.6. The van der Waals surface area contributed by atoms with Gasteiger partial charge in [0.05, 0.1) is 21.5 Å². The first-order valence-corrected chi connectivity index (χ1v) is 11.8. The van der Waals surface area contributed by atoms with Crippen molar-refractivity contribution >= 4 is 51.6 Å². The summed E-state index contributed by atoms with van der Waals surface area (Å²) in [6.07, 6.45) is 0.798. The number of aliphatic imine (C=N–C) groups is 1. The first-order chi connectivity index (χ1) is 16.7. The van der Waals surface area contributed by atoms with E-state index in [0.29, 0.717) is 10.7 Å². The maximum atomic E-state index is 14.8. The van der Waals surface area contributed by atoms with E-state index in [0.717, 1.165) is 16.7 Å². The molecule has 0 saturated heterocycles. The number of nitrogens with one attached hydrogen (secondary N) is 1. The zero-order valence-electron chi connectivity index (χ0n) is 17.7. The van der Waals surface area contributed by atoms with Crippen LogP contribution in [0.4, 0.5) is 18.9 Å². The van der Waals surface area contributed by atoms with E-state index in [1.54, 1.807) is 18.2 Å². The Labute approximate surface area is 213 Å². The number of fused-ring (bicyclic) bond motifs is 1. The van der Waals surface area contributed by atoms with E-state index in [-0.39, 0.29) is 32.7 Å². The molecule has 2 aliphatic heterocycles. The van der Waals surface area contributed by atoms with Crippen LogP contribution in [-0.2, 0) is 10.5 Å². The number of amides is 1. The molecule has 1 atom stereocenters. The van der Waals surface area contributed by atoms with Gasteiger partial charge in [0.15, 0.2) is 0 Å². The summed E-state index contributed by atoms with van der Waals surface area (Å²) in [5, 5.41) is 12.8. The van der Waals surface area contributed by atoms with E-state index in [9.17, 15) is 23.2 Å². The molecule has 35 heavy (non-hydrogen) atoms. The number of nitriles is 1. The minimum Gasteiger partial charge on any atom is -0.325 e. The number of benzene rings is 2. The minimum absolute atomic E-state index is 0.0403. The lowest BCUT2D eigenvalue weighted by Gasteiger charge is -2.45. The molecule has 2 aromatic carbocycles. The molecular formula is C24H15Cl2F3N4OS. The fourth-order valence-corrected chi connectivity index (χ4v) is 4.78. The number of hydrogen-bond acceptors (Lipinski definition) is 5. The topological polar surface area (TPSA) is 68.5 Å². The van der Waals surface area contributed by atoms with E-state index < -0.39 is 17.7 Å². The molecule has 2 heterocycles. The average Bonchev–Trinajstić information content (AvgIpc) is 2.84. The predicted octanol–water partition coefficient (Wildman–Crippen LogP) is 6.66. The summed E-state index contributed by atoms with van der Waals surface area (Å²) in [6.45, 7) is 0. The van der Waals surface area contributed by atoms with Crippen molar-refractivity contribution in [2.24, 2.45) is 4.99 Å². The summed E-state index contributed by atoms with van der Waals surface area (Å²) in [7, 11) is 0. The molecule has 1 N–H and O–H groups in total. The Bertz CT molecular complexity index is 1330. The average molecular weight is 535 g/mol. The lowest BCUT2D eigenvalue weighted by atomic mass is 9.93. The summed E-state index contributed by atoms with van der Waals surface area (Å²) < 4.78 is 44.4. The fraction of sp³-hybridized carbons (Fsp3) is 0.125. The Morgan fingerprint density at radius 1 is 1.14 bits per heavy atom. The molecule has 5 nitrogen and oxygen atoms in total. The van der Waals surface area contributed by atoms with E-state index in [4.69, 9.17) is 23.2 Å². The molecule has 4 rings (SSSR count). The van der Waals surface area contributed by atoms with Crippen molar-refractivity contribution in [1.29, 1.82) is 5.26 Å². The fourth-order valence-electron chi connectivity index (χ4n) is 3.65. The highest BCUT2D eigenvalue weighted by Gasteiger charge is 2.62. The third-order valence-electron chi connectivity index (χ3n) is 5.17. The second-order valence-corrected chi connectivity index (χ2v) is 9.14. The van der Waals surface area contributed by atoms with Crippen molar-refractivity contribution < 1.29 is 18.0 Å². The Balaban J connectivity index is 1.72. The molecule has 0 aromatic heterocycles. The van der Waals surface area contributed by atoms with Gasteiger partial charge < -0.3 is 10.2 Å². The van der Waals surface area contributed by atoms with E-state index in [1.165, 1.54) is 54.8 Å². The quantitative estimate of drug-likeness (QED) is 0.476. The van der Waals surface area contributed by atoms with Gasteiger partial charge in [-0.1, -0.05) is 71.4 Å². The zero-order valence-corrected chi connectivity index (χ0v) is 20.0. The van der Waals surface area contributed by atoms with Crippen molar-refractivity contribution in [3.63, 3.8) is 0 Å². The van der Waals surface area contributed by atoms with Gasteiger partial charge in [-0.05, 0) is 30.4 Å². The van der Waals surface area contributed by atoms with E-state index in [1.807, 2.05) is 6.07 Å². The molecule has 0 fully saturated rings. The van der Waals surface area contributed by atoms with E-state index in [2.05, 4.69) is 10.3 Å². The van der Waals surface area contributed by atoms with Crippen LogP contribution < -0.4 is 5.32 Å². The summed E-state index contributed by atoms with van der Waals surface area (Å²) in [6, 6.07) is 13.7. The Kier molecular flexibility index (Phi) is 6.99. The van der Waals surface area contributed by atoms with Gasteiger partial charge in [-0.15, -0.1) is 0 Å². The van der Waals surface area contributed by atoms with Crippen molar-refractivity contribution in [3.8, 4) is 6.07 Å². The van der Waals surface area contributed by atoms with Crippen LogP contribution in [0.3, 0.4) is 0 Å². The molecule has 11 heteroatoms. The van der Waals surface area contributed by atoms with Crippen molar-refractivity contribution in [1.82, 2.24) is 4.90 Å². The Hall–Kier alpha value is -3.19. The lowest BCUT2D eigenvalue weighted by Crippen LogP contribution is -2.55. The van der Waals surface area contributed by atoms with Crippen molar-refractivity contribution in [3.05, 3.63) is 99.8 Å². The molecule has 1 amide bonds. The minimum atomic E-state index is -4.86. The summed E-state index contributed by atoms with van der Waals surface area (Å²) in [5.41, 5.74) is -2.59. The predicted molar refractivity (Wildman–Crippen MR) is 132 cm³/mol. The van der Waals surface area contributed by atoms with Crippen LogP contribution in [0.1, 0.15) is 5.56 Å². The number of thioether (sulfide) groups is 1. The highest BCUT2D eigenvalue weighted by Crippen LogP contribution is 2.51. The van der Waals surface area contributed by atoms with Crippen LogP contribution in [0, 0.1) is 11.3 Å². The lowest BCUT2D eigenvalue weighted by molar-refractivity contribution is -0.222. The molecule has 0 unspecified atom stereocenters. The zero-order chi connectivity index (χ0) is 25.2. The summed E-state index contributed by atoms with van der Waals surface area (Å²) in [5.74, 6) is -0.808. The van der Waals surface area contributed by atoms with Crippen LogP contribution in [0.2, 0.25) is 10.0 Å². The number of anilines is 1. The van der Waals surface area contributed by atoms with Crippen LogP contribution in [0.25, 0.3) is 0 Å². The number of carbonyl (C=O) groups excluding carboxylic acids is 1. The number of rotatable bonds is 4. The number of allylic oxidation sites excluding steroid dienone is 3. The normalized spacial score (nSPS) is 19.2. The molecule has 178 valence electrons. The number of hydrogen-bond donors (Lipinski definition) is 1. The SMILES string of the molecule is N#CC1=C2C=CC=CN2[C@](c2ccccc2)(C(F)(F)F)N=C1SCC(=O)Nc1ccc(Cl)c(Cl)c1. The molecule has 0 radical (unpaired) electrons. The third kappa shape index (κ3) is 4.69.